The van der Waals surface area contributed by atoms with Gasteiger partial charge < -0.3 is 5.73 Å². The van der Waals surface area contributed by atoms with Crippen LogP contribution in [-0.4, -0.2) is 9.38 Å². The Morgan fingerprint density at radius 3 is 2.55 bits per heavy atom. The van der Waals surface area contributed by atoms with Crippen molar-refractivity contribution >= 4 is 11.5 Å². The first kappa shape index (κ1) is 12.5. The molecule has 6 heteroatoms. The van der Waals surface area contributed by atoms with E-state index < -0.39 is 11.7 Å². The molecular weight excluding hydrogens is 267 g/mol. The summed E-state index contributed by atoms with van der Waals surface area (Å²) in [7, 11) is 0. The summed E-state index contributed by atoms with van der Waals surface area (Å²) in [6, 6.07) is 10.3. The molecule has 0 fully saturated rings. The van der Waals surface area contributed by atoms with E-state index in [1.54, 1.807) is 34.9 Å². The number of nitrogen functional groups attached to an aromatic ring is 1. The summed E-state index contributed by atoms with van der Waals surface area (Å²) in [6.45, 7) is 0. The molecule has 0 atom stereocenters. The minimum Gasteiger partial charge on any atom is -0.383 e. The Hall–Kier alpha value is -2.50. The van der Waals surface area contributed by atoms with Crippen molar-refractivity contribution in [2.45, 2.75) is 6.18 Å². The Kier molecular flexibility index (Phi) is 2.67. The monoisotopic (exact) mass is 277 g/mol. The first-order valence-corrected chi connectivity index (χ1v) is 5.87. The minimum atomic E-state index is -4.38. The summed E-state index contributed by atoms with van der Waals surface area (Å²) in [5.41, 5.74) is 6.53. The molecule has 0 aliphatic carbocycles. The molecule has 0 amide bonds. The molecule has 0 bridgehead atoms. The molecule has 2 aromatic heterocycles. The highest BCUT2D eigenvalue weighted by molar-refractivity contribution is 5.75. The predicted octanol–water partition coefficient (Wildman–Crippen LogP) is 3.60. The third kappa shape index (κ3) is 1.99. The van der Waals surface area contributed by atoms with Crippen molar-refractivity contribution in [3.8, 4) is 11.3 Å². The maximum Gasteiger partial charge on any atom is 0.416 e. The van der Waals surface area contributed by atoms with Crippen molar-refractivity contribution in [2.24, 2.45) is 0 Å². The van der Waals surface area contributed by atoms with Gasteiger partial charge in [-0.1, -0.05) is 18.2 Å². The average Bonchev–Trinajstić information content (AvgIpc) is 2.76. The van der Waals surface area contributed by atoms with Crippen molar-refractivity contribution in [2.75, 3.05) is 5.73 Å². The van der Waals surface area contributed by atoms with Crippen LogP contribution in [0.15, 0.2) is 48.7 Å². The number of nitrogens with zero attached hydrogens (tertiary/aromatic N) is 2. The average molecular weight is 277 g/mol. The van der Waals surface area contributed by atoms with E-state index in [1.165, 1.54) is 6.07 Å². The molecule has 1 aromatic carbocycles. The summed E-state index contributed by atoms with van der Waals surface area (Å²) in [5.74, 6) is 0.319. The second-order valence-electron chi connectivity index (χ2n) is 4.35. The van der Waals surface area contributed by atoms with E-state index in [-0.39, 0.29) is 0 Å². The molecule has 102 valence electrons. The zero-order valence-electron chi connectivity index (χ0n) is 10.2. The number of rotatable bonds is 1. The number of benzene rings is 1. The van der Waals surface area contributed by atoms with Crippen LogP contribution in [0.5, 0.6) is 0 Å². The van der Waals surface area contributed by atoms with Crippen LogP contribution in [0.3, 0.4) is 0 Å². The van der Waals surface area contributed by atoms with Gasteiger partial charge in [0, 0.05) is 11.8 Å². The van der Waals surface area contributed by atoms with Gasteiger partial charge in [0.15, 0.2) is 0 Å². The molecule has 0 saturated carbocycles. The number of halogens is 3. The van der Waals surface area contributed by atoms with Crippen molar-refractivity contribution in [3.05, 3.63) is 54.2 Å². The Labute approximate surface area is 112 Å². The largest absolute Gasteiger partial charge is 0.416 e. The fourth-order valence-electron chi connectivity index (χ4n) is 2.07. The van der Waals surface area contributed by atoms with Gasteiger partial charge >= 0.3 is 6.18 Å². The Morgan fingerprint density at radius 1 is 1.05 bits per heavy atom. The van der Waals surface area contributed by atoms with E-state index in [2.05, 4.69) is 4.98 Å². The highest BCUT2D eigenvalue weighted by atomic mass is 19.4. The van der Waals surface area contributed by atoms with E-state index in [4.69, 9.17) is 5.73 Å². The predicted molar refractivity (Wildman–Crippen MR) is 70.0 cm³/mol. The number of fused-ring (bicyclic) bond motifs is 1. The molecule has 0 spiro atoms. The van der Waals surface area contributed by atoms with E-state index in [1.807, 2.05) is 0 Å². The highest BCUT2D eigenvalue weighted by Crippen LogP contribution is 2.33. The lowest BCUT2D eigenvalue weighted by Gasteiger charge is -2.07. The van der Waals surface area contributed by atoms with E-state index in [0.29, 0.717) is 22.7 Å². The summed E-state index contributed by atoms with van der Waals surface area (Å²) in [6.07, 6.45) is -2.67. The first-order chi connectivity index (χ1) is 9.47. The molecule has 3 aromatic rings. The van der Waals surface area contributed by atoms with Crippen LogP contribution >= 0.6 is 0 Å². The molecule has 2 heterocycles. The minimum absolute atomic E-state index is 0.319. The van der Waals surface area contributed by atoms with Crippen molar-refractivity contribution in [3.63, 3.8) is 0 Å². The van der Waals surface area contributed by atoms with Crippen molar-refractivity contribution in [1.82, 2.24) is 9.38 Å². The normalized spacial score (nSPS) is 11.9. The second kappa shape index (κ2) is 4.26. The quantitative estimate of drug-likeness (QED) is 0.738. The molecule has 0 radical (unpaired) electrons. The van der Waals surface area contributed by atoms with Crippen LogP contribution in [0.4, 0.5) is 19.0 Å². The number of aromatic nitrogens is 2. The highest BCUT2D eigenvalue weighted by Gasteiger charge is 2.30. The van der Waals surface area contributed by atoms with E-state index >= 15 is 0 Å². The van der Waals surface area contributed by atoms with Crippen LogP contribution in [0.1, 0.15) is 5.56 Å². The molecule has 0 saturated heterocycles. The molecule has 2 N–H and O–H groups in total. The van der Waals surface area contributed by atoms with E-state index in [9.17, 15) is 13.2 Å². The lowest BCUT2D eigenvalue weighted by atomic mass is 10.1. The molecule has 0 unspecified atom stereocenters. The first-order valence-electron chi connectivity index (χ1n) is 5.87. The van der Waals surface area contributed by atoms with Gasteiger partial charge in [0.1, 0.15) is 17.2 Å². The maximum atomic E-state index is 12.7. The third-order valence-corrected chi connectivity index (χ3v) is 3.03. The van der Waals surface area contributed by atoms with E-state index in [0.717, 1.165) is 12.1 Å². The van der Waals surface area contributed by atoms with Crippen LogP contribution in [0.25, 0.3) is 16.9 Å². The number of imidazole rings is 1. The summed E-state index contributed by atoms with van der Waals surface area (Å²) in [5, 5.41) is 0. The van der Waals surface area contributed by atoms with Crippen LogP contribution < -0.4 is 5.73 Å². The van der Waals surface area contributed by atoms with Crippen molar-refractivity contribution in [1.29, 1.82) is 0 Å². The Bertz CT molecular complexity index is 775. The smallest absolute Gasteiger partial charge is 0.383 e. The van der Waals surface area contributed by atoms with Crippen LogP contribution in [0, 0.1) is 0 Å². The van der Waals surface area contributed by atoms with Gasteiger partial charge in [-0.15, -0.1) is 0 Å². The Morgan fingerprint density at radius 2 is 1.85 bits per heavy atom. The summed E-state index contributed by atoms with van der Waals surface area (Å²) < 4.78 is 39.8. The van der Waals surface area contributed by atoms with Gasteiger partial charge in [-0.05, 0) is 24.3 Å². The fraction of sp³-hybridized carbons (Fsp3) is 0.0714. The molecular formula is C14H10F3N3. The summed E-state index contributed by atoms with van der Waals surface area (Å²) >= 11 is 0. The lowest BCUT2D eigenvalue weighted by Crippen LogP contribution is -2.04. The number of nitrogens with two attached hydrogens (primary N) is 1. The molecule has 3 rings (SSSR count). The zero-order chi connectivity index (χ0) is 14.3. The molecule has 0 aliphatic rings. The second-order valence-corrected chi connectivity index (χ2v) is 4.35. The number of anilines is 1. The maximum absolute atomic E-state index is 12.7. The third-order valence-electron chi connectivity index (χ3n) is 3.03. The molecule has 20 heavy (non-hydrogen) atoms. The Balaban J connectivity index is 2.18. The SMILES string of the molecule is Nc1c(-c2cccc(C(F)(F)F)c2)nc2ccccn12. The zero-order valence-corrected chi connectivity index (χ0v) is 10.2. The number of pyridine rings is 1. The van der Waals surface area contributed by atoms with Gasteiger partial charge in [-0.2, -0.15) is 13.2 Å². The standard InChI is InChI=1S/C14H10F3N3/c15-14(16,17)10-5-3-4-9(8-10)12-13(18)20-7-2-1-6-11(20)19-12/h1-8H,18H2. The summed E-state index contributed by atoms with van der Waals surface area (Å²) in [4.78, 5) is 4.28. The number of hydrogen-bond donors (Lipinski definition) is 1. The van der Waals surface area contributed by atoms with Gasteiger partial charge in [-0.25, -0.2) is 4.98 Å². The number of hydrogen-bond acceptors (Lipinski definition) is 2. The van der Waals surface area contributed by atoms with Crippen molar-refractivity contribution < 1.29 is 13.2 Å². The van der Waals surface area contributed by atoms with Gasteiger partial charge in [0.25, 0.3) is 0 Å². The number of alkyl halides is 3. The lowest BCUT2D eigenvalue weighted by molar-refractivity contribution is -0.137. The van der Waals surface area contributed by atoms with Crippen LogP contribution in [-0.2, 0) is 6.18 Å². The molecule has 0 aliphatic heterocycles. The van der Waals surface area contributed by atoms with Gasteiger partial charge in [0.2, 0.25) is 0 Å². The fourth-order valence-corrected chi connectivity index (χ4v) is 2.07. The molecule has 3 nitrogen and oxygen atoms in total. The topological polar surface area (TPSA) is 43.3 Å². The van der Waals surface area contributed by atoms with Gasteiger partial charge in [-0.3, -0.25) is 4.40 Å². The van der Waals surface area contributed by atoms with Gasteiger partial charge in [0.05, 0.1) is 5.56 Å². The van der Waals surface area contributed by atoms with Crippen LogP contribution in [0.2, 0.25) is 0 Å².